The molecule has 8 heteroatoms. The first-order valence-corrected chi connectivity index (χ1v) is 8.20. The number of nitrogens with two attached hydrogens (primary N) is 1. The Morgan fingerprint density at radius 1 is 1.20 bits per heavy atom. The number of carbonyl (C=O) groups excluding carboxylic acids is 1. The molecule has 0 saturated carbocycles. The highest BCUT2D eigenvalue weighted by Gasteiger charge is 2.18. The number of nitrogens with zero attached hydrogens (tertiary/aromatic N) is 3. The third kappa shape index (κ3) is 3.92. The Bertz CT molecular complexity index is 921. The lowest BCUT2D eigenvalue weighted by Crippen LogP contribution is -2.15. The number of amides is 1. The molecule has 0 saturated heterocycles. The molecule has 0 fully saturated rings. The lowest BCUT2D eigenvalue weighted by atomic mass is 10.1. The monoisotopic (exact) mass is 375 g/mol. The van der Waals surface area contributed by atoms with Crippen molar-refractivity contribution in [1.29, 1.82) is 0 Å². The van der Waals surface area contributed by atoms with Crippen LogP contribution in [0.15, 0.2) is 42.5 Å². The van der Waals surface area contributed by atoms with Crippen LogP contribution in [0.4, 0.5) is 11.5 Å². The van der Waals surface area contributed by atoms with E-state index in [0.717, 1.165) is 11.1 Å². The molecule has 2 aromatic carbocycles. The molecule has 0 aliphatic carbocycles. The Morgan fingerprint density at radius 2 is 1.92 bits per heavy atom. The van der Waals surface area contributed by atoms with Gasteiger partial charge in [0.15, 0.2) is 11.5 Å². The minimum absolute atomic E-state index is 0.0399. The summed E-state index contributed by atoms with van der Waals surface area (Å²) in [5.74, 6) is -0.306. The average molecular weight is 376 g/mol. The number of rotatable bonds is 4. The first-order chi connectivity index (χ1) is 11.9. The summed E-state index contributed by atoms with van der Waals surface area (Å²) in [6.45, 7) is 2.44. The average Bonchev–Trinajstić information content (AvgIpc) is 2.93. The van der Waals surface area contributed by atoms with E-state index in [1.165, 1.54) is 10.7 Å². The largest absolute Gasteiger partial charge is 0.382 e. The highest BCUT2D eigenvalue weighted by Crippen LogP contribution is 2.26. The van der Waals surface area contributed by atoms with Gasteiger partial charge in [-0.15, -0.1) is 5.10 Å². The Hall–Kier alpha value is -2.57. The molecule has 3 aromatic rings. The Kier molecular flexibility index (Phi) is 4.92. The van der Waals surface area contributed by atoms with E-state index < -0.39 is 5.91 Å². The van der Waals surface area contributed by atoms with Gasteiger partial charge >= 0.3 is 0 Å². The summed E-state index contributed by atoms with van der Waals surface area (Å²) in [5.41, 5.74) is 8.65. The number of aromatic nitrogens is 3. The van der Waals surface area contributed by atoms with Crippen molar-refractivity contribution in [3.05, 3.63) is 69.3 Å². The van der Waals surface area contributed by atoms with Gasteiger partial charge in [-0.2, -0.15) is 0 Å². The number of aryl methyl sites for hydroxylation is 1. The molecule has 1 aromatic heterocycles. The first kappa shape index (κ1) is 17.3. The van der Waals surface area contributed by atoms with Gasteiger partial charge in [0.05, 0.1) is 17.3 Å². The van der Waals surface area contributed by atoms with Crippen LogP contribution in [0.25, 0.3) is 0 Å². The second kappa shape index (κ2) is 7.13. The van der Waals surface area contributed by atoms with E-state index >= 15 is 0 Å². The minimum atomic E-state index is -0.489. The fraction of sp³-hybridized carbons (Fsp3) is 0.118. The van der Waals surface area contributed by atoms with E-state index in [0.29, 0.717) is 22.3 Å². The molecule has 0 atom stereocenters. The highest BCUT2D eigenvalue weighted by molar-refractivity contribution is 6.36. The van der Waals surface area contributed by atoms with Crippen LogP contribution in [-0.4, -0.2) is 20.9 Å². The van der Waals surface area contributed by atoms with Crippen LogP contribution in [0.3, 0.4) is 0 Å². The molecule has 0 unspecified atom stereocenters. The van der Waals surface area contributed by atoms with Crippen molar-refractivity contribution in [1.82, 2.24) is 15.0 Å². The number of anilines is 2. The molecule has 6 nitrogen and oxygen atoms in total. The summed E-state index contributed by atoms with van der Waals surface area (Å²) < 4.78 is 1.48. The van der Waals surface area contributed by atoms with Crippen molar-refractivity contribution in [3.8, 4) is 0 Å². The lowest BCUT2D eigenvalue weighted by Gasteiger charge is -2.07. The smallest absolute Gasteiger partial charge is 0.280 e. The molecule has 0 aliphatic rings. The van der Waals surface area contributed by atoms with Crippen molar-refractivity contribution in [2.75, 3.05) is 11.1 Å². The Morgan fingerprint density at radius 3 is 2.60 bits per heavy atom. The SMILES string of the molecule is Cc1ccc(Cn2nnc(C(=O)Nc3ccc(Cl)cc3Cl)c2N)cc1. The maximum atomic E-state index is 12.4. The zero-order valence-corrected chi connectivity index (χ0v) is 14.8. The van der Waals surface area contributed by atoms with E-state index in [1.54, 1.807) is 12.1 Å². The number of nitrogens with one attached hydrogen (secondary N) is 1. The van der Waals surface area contributed by atoms with Gasteiger partial charge in [0.1, 0.15) is 0 Å². The molecule has 3 rings (SSSR count). The first-order valence-electron chi connectivity index (χ1n) is 7.45. The molecule has 128 valence electrons. The van der Waals surface area contributed by atoms with Crippen LogP contribution in [0.2, 0.25) is 10.0 Å². The lowest BCUT2D eigenvalue weighted by molar-refractivity contribution is 0.102. The molecule has 0 bridgehead atoms. The third-order valence-electron chi connectivity index (χ3n) is 3.62. The van der Waals surface area contributed by atoms with Crippen molar-refractivity contribution in [2.45, 2.75) is 13.5 Å². The van der Waals surface area contributed by atoms with Crippen molar-refractivity contribution in [3.63, 3.8) is 0 Å². The predicted octanol–water partition coefficient (Wildman–Crippen LogP) is 3.78. The summed E-state index contributed by atoms with van der Waals surface area (Å²) in [6.07, 6.45) is 0. The normalized spacial score (nSPS) is 10.7. The van der Waals surface area contributed by atoms with E-state index in [9.17, 15) is 4.79 Å². The standard InChI is InChI=1S/C17H15Cl2N5O/c1-10-2-4-11(5-3-10)9-24-16(20)15(22-23-24)17(25)21-14-7-6-12(18)8-13(14)19/h2-8H,9,20H2,1H3,(H,21,25). The zero-order valence-electron chi connectivity index (χ0n) is 13.3. The van der Waals surface area contributed by atoms with Gasteiger partial charge in [0.25, 0.3) is 5.91 Å². The van der Waals surface area contributed by atoms with E-state index in [-0.39, 0.29) is 11.5 Å². The number of benzene rings is 2. The second-order valence-electron chi connectivity index (χ2n) is 5.54. The fourth-order valence-electron chi connectivity index (χ4n) is 2.24. The van der Waals surface area contributed by atoms with Gasteiger partial charge in [-0.25, -0.2) is 4.68 Å². The van der Waals surface area contributed by atoms with Gasteiger partial charge in [0.2, 0.25) is 0 Å². The summed E-state index contributed by atoms with van der Waals surface area (Å²) in [6, 6.07) is 12.7. The summed E-state index contributed by atoms with van der Waals surface area (Å²) in [7, 11) is 0. The highest BCUT2D eigenvalue weighted by atomic mass is 35.5. The third-order valence-corrected chi connectivity index (χ3v) is 4.17. The van der Waals surface area contributed by atoms with Gasteiger partial charge in [-0.3, -0.25) is 4.79 Å². The predicted molar refractivity (Wildman–Crippen MR) is 99.1 cm³/mol. The Labute approximate surface area is 154 Å². The molecule has 3 N–H and O–H groups in total. The van der Waals surface area contributed by atoms with Gasteiger partial charge in [0, 0.05) is 5.02 Å². The number of hydrogen-bond acceptors (Lipinski definition) is 4. The fourth-order valence-corrected chi connectivity index (χ4v) is 2.69. The number of hydrogen-bond donors (Lipinski definition) is 2. The van der Waals surface area contributed by atoms with Gasteiger partial charge < -0.3 is 11.1 Å². The number of carbonyl (C=O) groups is 1. The minimum Gasteiger partial charge on any atom is -0.382 e. The van der Waals surface area contributed by atoms with Crippen LogP contribution in [-0.2, 0) is 6.54 Å². The topological polar surface area (TPSA) is 85.8 Å². The molecule has 0 radical (unpaired) electrons. The van der Waals surface area contributed by atoms with Crippen LogP contribution in [0, 0.1) is 6.92 Å². The van der Waals surface area contributed by atoms with Crippen molar-refractivity contribution in [2.24, 2.45) is 0 Å². The molecule has 0 spiro atoms. The number of nitrogen functional groups attached to an aromatic ring is 1. The maximum Gasteiger partial charge on any atom is 0.280 e. The van der Waals surface area contributed by atoms with Crippen molar-refractivity contribution < 1.29 is 4.79 Å². The second-order valence-corrected chi connectivity index (χ2v) is 6.39. The van der Waals surface area contributed by atoms with E-state index in [4.69, 9.17) is 28.9 Å². The zero-order chi connectivity index (χ0) is 18.0. The van der Waals surface area contributed by atoms with Crippen molar-refractivity contribution >= 4 is 40.6 Å². The number of halogens is 2. The molecular weight excluding hydrogens is 361 g/mol. The van der Waals surface area contributed by atoms with Crippen LogP contribution < -0.4 is 11.1 Å². The van der Waals surface area contributed by atoms with E-state index in [2.05, 4.69) is 15.6 Å². The molecular formula is C17H15Cl2N5O. The van der Waals surface area contributed by atoms with Gasteiger partial charge in [-0.05, 0) is 30.7 Å². The molecule has 1 heterocycles. The summed E-state index contributed by atoms with van der Waals surface area (Å²) in [4.78, 5) is 12.4. The summed E-state index contributed by atoms with van der Waals surface area (Å²) in [5, 5.41) is 11.3. The Balaban J connectivity index is 1.77. The molecule has 1 amide bonds. The van der Waals surface area contributed by atoms with E-state index in [1.807, 2.05) is 31.2 Å². The molecule has 25 heavy (non-hydrogen) atoms. The van der Waals surface area contributed by atoms with Crippen LogP contribution in [0.1, 0.15) is 21.6 Å². The van der Waals surface area contributed by atoms with Gasteiger partial charge in [-0.1, -0.05) is 58.2 Å². The maximum absolute atomic E-state index is 12.4. The van der Waals surface area contributed by atoms with Crippen LogP contribution in [0.5, 0.6) is 0 Å². The summed E-state index contributed by atoms with van der Waals surface area (Å²) >= 11 is 11.9. The quantitative estimate of drug-likeness (QED) is 0.726. The van der Waals surface area contributed by atoms with Crippen LogP contribution >= 0.6 is 23.2 Å². The molecule has 0 aliphatic heterocycles.